The van der Waals surface area contributed by atoms with E-state index in [0.717, 1.165) is 70.0 Å². The van der Waals surface area contributed by atoms with E-state index in [-0.39, 0.29) is 0 Å². The summed E-state index contributed by atoms with van der Waals surface area (Å²) in [6.07, 6.45) is 6.52. The summed E-state index contributed by atoms with van der Waals surface area (Å²) in [6, 6.07) is 11.9. The minimum atomic E-state index is -3.70. The SMILES string of the molecule is CN(Cc1c(-c2c(Cl)cccc2Cl)noc1C1CC1)C1CC2CC(C1)N2c1nc2ccc(C(=O)NS(=O)(=O)C3(C)CC3)cc2s1. The molecule has 13 heteroatoms. The number of benzene rings is 2. The van der Waals surface area contributed by atoms with Gasteiger partial charge < -0.3 is 9.42 Å². The van der Waals surface area contributed by atoms with Crippen LogP contribution in [0.1, 0.15) is 79.5 Å². The maximum Gasteiger partial charge on any atom is 0.264 e. The molecule has 4 heterocycles. The quantitative estimate of drug-likeness (QED) is 0.201. The Morgan fingerprint density at radius 1 is 1.13 bits per heavy atom. The third-order valence-electron chi connectivity index (χ3n) is 10.1. The lowest BCUT2D eigenvalue weighted by Gasteiger charge is -2.56. The second-order valence-electron chi connectivity index (χ2n) is 13.3. The van der Waals surface area contributed by atoms with E-state index < -0.39 is 20.7 Å². The average molecular weight is 687 g/mol. The lowest BCUT2D eigenvalue weighted by atomic mass is 9.76. The minimum absolute atomic E-state index is 0.327. The van der Waals surface area contributed by atoms with E-state index in [1.807, 2.05) is 18.2 Å². The number of rotatable bonds is 9. The van der Waals surface area contributed by atoms with Crippen molar-refractivity contribution in [2.24, 2.45) is 0 Å². The molecule has 0 radical (unpaired) electrons. The zero-order chi connectivity index (χ0) is 31.2. The van der Waals surface area contributed by atoms with Gasteiger partial charge in [-0.1, -0.05) is 45.8 Å². The molecular weight excluding hydrogens is 653 g/mol. The number of aromatic nitrogens is 2. The van der Waals surface area contributed by atoms with Gasteiger partial charge >= 0.3 is 0 Å². The van der Waals surface area contributed by atoms with Gasteiger partial charge in [0.2, 0.25) is 10.0 Å². The van der Waals surface area contributed by atoms with Crippen LogP contribution in [0, 0.1) is 0 Å². The molecule has 2 aromatic heterocycles. The molecule has 5 aliphatic rings. The topological polar surface area (TPSA) is 109 Å². The summed E-state index contributed by atoms with van der Waals surface area (Å²) < 4.78 is 33.3. The first kappa shape index (κ1) is 29.7. The van der Waals surface area contributed by atoms with Crippen LogP contribution in [0.4, 0.5) is 5.13 Å². The summed E-state index contributed by atoms with van der Waals surface area (Å²) in [5, 5.41) is 6.56. The molecule has 9 rings (SSSR count). The molecule has 2 aliphatic heterocycles. The molecule has 9 nitrogen and oxygen atoms in total. The lowest BCUT2D eigenvalue weighted by molar-refractivity contribution is 0.0981. The Labute approximate surface area is 275 Å². The Morgan fingerprint density at radius 3 is 2.51 bits per heavy atom. The van der Waals surface area contributed by atoms with E-state index >= 15 is 0 Å². The molecule has 2 bridgehead atoms. The fourth-order valence-electron chi connectivity index (χ4n) is 6.87. The fraction of sp³-hybridized carbons (Fsp3) is 0.469. The summed E-state index contributed by atoms with van der Waals surface area (Å²) >= 11 is 14.7. The van der Waals surface area contributed by atoms with Crippen LogP contribution >= 0.6 is 34.5 Å². The highest BCUT2D eigenvalue weighted by Crippen LogP contribution is 2.48. The standard InChI is InChI=1S/C32H33Cl2N5O4S2/c1-32(10-11-32)45(41,42)37-30(40)18-8-9-25-26(12-18)44-31(35-25)39-20-13-19(14-21(39)15-20)38(2)16-22-28(36-43-29(22)17-6-7-17)27-23(33)4-3-5-24(27)34/h3-5,8-9,12,17,19-21H,6-7,10-11,13-16H2,1-2H3,(H,37,40). The normalized spacial score (nSPS) is 23.8. The number of carbonyl (C=O) groups is 1. The number of sulfonamides is 1. The zero-order valence-corrected chi connectivity index (χ0v) is 28.1. The van der Waals surface area contributed by atoms with E-state index in [1.165, 1.54) is 0 Å². The van der Waals surface area contributed by atoms with Gasteiger partial charge in [0.05, 0.1) is 25.0 Å². The highest BCUT2D eigenvalue weighted by atomic mass is 35.5. The molecule has 2 unspecified atom stereocenters. The number of hydrogen-bond donors (Lipinski definition) is 1. The Kier molecular flexibility index (Phi) is 7.04. The van der Waals surface area contributed by atoms with Gasteiger partial charge in [-0.2, -0.15) is 0 Å². The summed E-state index contributed by atoms with van der Waals surface area (Å²) in [4.78, 5) is 22.6. The zero-order valence-electron chi connectivity index (χ0n) is 24.9. The smallest absolute Gasteiger partial charge is 0.264 e. The van der Waals surface area contributed by atoms with Crippen molar-refractivity contribution in [1.82, 2.24) is 19.8 Å². The van der Waals surface area contributed by atoms with Gasteiger partial charge in [-0.3, -0.25) is 9.69 Å². The van der Waals surface area contributed by atoms with Gasteiger partial charge in [0.1, 0.15) is 11.5 Å². The van der Waals surface area contributed by atoms with Crippen LogP contribution in [0.3, 0.4) is 0 Å². The van der Waals surface area contributed by atoms with Crippen molar-refractivity contribution < 1.29 is 17.7 Å². The van der Waals surface area contributed by atoms with Crippen molar-refractivity contribution in [3.63, 3.8) is 0 Å². The minimum Gasteiger partial charge on any atom is -0.360 e. The first-order valence-corrected chi connectivity index (χ1v) is 18.5. The van der Waals surface area contributed by atoms with Gasteiger partial charge in [0, 0.05) is 47.3 Å². The maximum absolute atomic E-state index is 12.8. The second kappa shape index (κ2) is 10.7. The molecule has 3 aliphatic carbocycles. The Hall–Kier alpha value is -2.70. The van der Waals surface area contributed by atoms with Crippen LogP contribution < -0.4 is 9.62 Å². The maximum atomic E-state index is 12.8. The van der Waals surface area contributed by atoms with Gasteiger partial charge in [-0.15, -0.1) is 0 Å². The van der Waals surface area contributed by atoms with E-state index in [4.69, 9.17) is 32.7 Å². The summed E-state index contributed by atoms with van der Waals surface area (Å²) in [6.45, 7) is 2.37. The van der Waals surface area contributed by atoms with E-state index in [1.54, 1.807) is 36.5 Å². The number of anilines is 1. The second-order valence-corrected chi connectivity index (χ2v) is 17.3. The average Bonchev–Trinajstić information content (AvgIpc) is 3.91. The molecular formula is C32H33Cl2N5O4S2. The molecule has 45 heavy (non-hydrogen) atoms. The molecule has 0 spiro atoms. The van der Waals surface area contributed by atoms with Gasteiger partial charge in [0.15, 0.2) is 5.13 Å². The fourth-order valence-corrected chi connectivity index (χ4v) is 9.84. The number of amides is 1. The number of hydrogen-bond acceptors (Lipinski definition) is 9. The predicted octanol–water partition coefficient (Wildman–Crippen LogP) is 6.99. The summed E-state index contributed by atoms with van der Waals surface area (Å²) in [5.74, 6) is 0.768. The Balaban J connectivity index is 0.974. The number of nitrogens with zero attached hydrogens (tertiary/aromatic N) is 4. The van der Waals surface area contributed by atoms with Crippen LogP contribution in [-0.2, 0) is 16.6 Å². The number of nitrogens with one attached hydrogen (secondary N) is 1. The van der Waals surface area contributed by atoms with Crippen molar-refractivity contribution in [3.05, 3.63) is 63.3 Å². The molecule has 5 fully saturated rings. The van der Waals surface area contributed by atoms with E-state index in [0.29, 0.717) is 59.0 Å². The third kappa shape index (κ3) is 5.15. The van der Waals surface area contributed by atoms with E-state index in [9.17, 15) is 13.2 Å². The molecule has 2 atom stereocenters. The lowest BCUT2D eigenvalue weighted by Crippen LogP contribution is -2.64. The van der Waals surface area contributed by atoms with Crippen LogP contribution in [0.25, 0.3) is 21.5 Å². The van der Waals surface area contributed by atoms with Crippen LogP contribution in [0.15, 0.2) is 40.9 Å². The third-order valence-corrected chi connectivity index (χ3v) is 13.9. The van der Waals surface area contributed by atoms with Crippen molar-refractivity contribution in [3.8, 4) is 11.3 Å². The summed E-state index contributed by atoms with van der Waals surface area (Å²) in [5.41, 5.74) is 3.69. The van der Waals surface area contributed by atoms with Crippen LogP contribution in [0.2, 0.25) is 10.0 Å². The number of halogens is 2. The molecule has 1 N–H and O–H groups in total. The predicted molar refractivity (Wildman–Crippen MR) is 177 cm³/mol. The Morgan fingerprint density at radius 2 is 1.84 bits per heavy atom. The van der Waals surface area contributed by atoms with Crippen molar-refractivity contribution in [2.45, 2.75) is 87.2 Å². The number of piperidine rings is 1. The molecule has 4 aromatic rings. The number of thiazole rings is 1. The van der Waals surface area contributed by atoms with Crippen LogP contribution in [0.5, 0.6) is 0 Å². The number of fused-ring (bicyclic) bond motifs is 3. The summed E-state index contributed by atoms with van der Waals surface area (Å²) in [7, 11) is -1.52. The first-order chi connectivity index (χ1) is 21.5. The van der Waals surface area contributed by atoms with Gasteiger partial charge in [-0.25, -0.2) is 18.1 Å². The first-order valence-electron chi connectivity index (χ1n) is 15.4. The largest absolute Gasteiger partial charge is 0.360 e. The molecule has 1 amide bonds. The van der Waals surface area contributed by atoms with Crippen molar-refractivity contribution in [1.29, 1.82) is 0 Å². The van der Waals surface area contributed by atoms with Crippen molar-refractivity contribution in [2.75, 3.05) is 11.9 Å². The monoisotopic (exact) mass is 685 g/mol. The molecule has 2 aromatic carbocycles. The molecule has 236 valence electrons. The Bertz CT molecular complexity index is 1920. The van der Waals surface area contributed by atoms with E-state index in [2.05, 4.69) is 26.7 Å². The highest BCUT2D eigenvalue weighted by Gasteiger charge is 2.51. The van der Waals surface area contributed by atoms with Gasteiger partial charge in [0.25, 0.3) is 5.91 Å². The van der Waals surface area contributed by atoms with Crippen LogP contribution in [-0.4, -0.2) is 59.3 Å². The van der Waals surface area contributed by atoms with Gasteiger partial charge in [-0.05, 0) is 89.2 Å². The molecule has 3 saturated carbocycles. The highest BCUT2D eigenvalue weighted by molar-refractivity contribution is 7.91. The number of carbonyl (C=O) groups excluding carboxylic acids is 1. The van der Waals surface area contributed by atoms with Crippen molar-refractivity contribution >= 4 is 65.8 Å². The molecule has 2 saturated heterocycles.